The van der Waals surface area contributed by atoms with E-state index in [1.165, 1.54) is 0 Å². The van der Waals surface area contributed by atoms with Crippen molar-refractivity contribution in [2.24, 2.45) is 0 Å². The summed E-state index contributed by atoms with van der Waals surface area (Å²) in [5, 5.41) is 89.7. The van der Waals surface area contributed by atoms with E-state index in [-0.39, 0.29) is 13.0 Å². The van der Waals surface area contributed by atoms with Crippen LogP contribution in [0.15, 0.2) is 0 Å². The van der Waals surface area contributed by atoms with Crippen molar-refractivity contribution < 1.29 is 79.2 Å². The first kappa shape index (κ1) is 40.6. The average molecular weight is 671 g/mol. The van der Waals surface area contributed by atoms with Crippen LogP contribution in [0.2, 0.25) is 0 Å². The van der Waals surface area contributed by atoms with E-state index in [1.54, 1.807) is 0 Å². The molecule has 0 spiro atoms. The minimum absolute atomic E-state index is 0.212. The number of hydrogen-bond acceptors (Lipinski definition) is 15. The number of esters is 1. The molecule has 9 N–H and O–H groups in total. The number of carboxylic acids is 1. The van der Waals surface area contributed by atoms with Gasteiger partial charge in [-0.15, -0.1) is 0 Å². The molecule has 0 saturated carbocycles. The zero-order valence-corrected chi connectivity index (χ0v) is 26.4. The third-order valence-electron chi connectivity index (χ3n) is 8.23. The second-order valence-corrected chi connectivity index (χ2v) is 12.1. The Morgan fingerprint density at radius 1 is 0.696 bits per heavy atom. The van der Waals surface area contributed by atoms with Gasteiger partial charge in [-0.1, -0.05) is 64.2 Å². The van der Waals surface area contributed by atoms with E-state index in [9.17, 15) is 50.4 Å². The Balaban J connectivity index is 1.71. The van der Waals surface area contributed by atoms with Crippen molar-refractivity contribution in [3.05, 3.63) is 0 Å². The van der Waals surface area contributed by atoms with Crippen LogP contribution >= 0.6 is 0 Å². The molecule has 2 saturated heterocycles. The summed E-state index contributed by atoms with van der Waals surface area (Å²) in [5.41, 5.74) is 0. The molecule has 0 aromatic carbocycles. The molecular formula is C30H54O16. The lowest BCUT2D eigenvalue weighted by Gasteiger charge is -2.46. The predicted molar refractivity (Wildman–Crippen MR) is 157 cm³/mol. The number of aliphatic hydroxyl groups is 8. The highest BCUT2D eigenvalue weighted by Gasteiger charge is 2.51. The van der Waals surface area contributed by atoms with Gasteiger partial charge in [0, 0.05) is 6.92 Å². The summed E-state index contributed by atoms with van der Waals surface area (Å²) in [4.78, 5) is 22.0. The number of carbonyl (C=O) groups excluding carboxylic acids is 1. The summed E-state index contributed by atoms with van der Waals surface area (Å²) < 4.78 is 27.2. The molecule has 2 aliphatic heterocycles. The summed E-state index contributed by atoms with van der Waals surface area (Å²) in [7, 11) is 0. The normalized spacial score (nSPS) is 33.0. The fraction of sp³-hybridized carbons (Fsp3) is 0.933. The first-order valence-electron chi connectivity index (χ1n) is 16.2. The van der Waals surface area contributed by atoms with Gasteiger partial charge in [-0.05, 0) is 12.8 Å². The van der Waals surface area contributed by atoms with Gasteiger partial charge < -0.3 is 69.6 Å². The third-order valence-corrected chi connectivity index (χ3v) is 8.23. The molecule has 46 heavy (non-hydrogen) atoms. The van der Waals surface area contributed by atoms with Gasteiger partial charge in [0.05, 0.1) is 19.3 Å². The number of unbranched alkanes of at least 4 members (excludes halogenated alkanes) is 9. The Labute approximate surface area is 268 Å². The van der Waals surface area contributed by atoms with Crippen molar-refractivity contribution in [2.75, 3.05) is 19.8 Å². The van der Waals surface area contributed by atoms with E-state index >= 15 is 0 Å². The SMILES string of the molecule is CC(=O)OC[C@H]1O[C@@H](OCC(O)CCCCCCCCCCCCC(O)C(=O)O)[C@H](O)[C@@H](O)[C@@H]1O[C@@H]1O[C@H](CO)[C@@H](O)[C@H](O)[C@H]1O. The van der Waals surface area contributed by atoms with Crippen LogP contribution in [-0.4, -0.2) is 151 Å². The molecule has 0 aromatic rings. The molecule has 0 radical (unpaired) electrons. The van der Waals surface area contributed by atoms with Crippen LogP contribution in [0.4, 0.5) is 0 Å². The number of carbonyl (C=O) groups is 2. The van der Waals surface area contributed by atoms with Crippen molar-refractivity contribution in [1.29, 1.82) is 0 Å². The van der Waals surface area contributed by atoms with Crippen molar-refractivity contribution in [3.63, 3.8) is 0 Å². The predicted octanol–water partition coefficient (Wildman–Crippen LogP) is -1.31. The van der Waals surface area contributed by atoms with Gasteiger partial charge in [0.2, 0.25) is 0 Å². The maximum absolute atomic E-state index is 11.5. The van der Waals surface area contributed by atoms with Gasteiger partial charge in [-0.3, -0.25) is 4.79 Å². The van der Waals surface area contributed by atoms with Gasteiger partial charge >= 0.3 is 11.9 Å². The van der Waals surface area contributed by atoms with E-state index < -0.39 is 98.8 Å². The maximum Gasteiger partial charge on any atom is 0.332 e. The van der Waals surface area contributed by atoms with Crippen LogP contribution in [0, 0.1) is 0 Å². The van der Waals surface area contributed by atoms with E-state index in [0.29, 0.717) is 12.8 Å². The fourth-order valence-electron chi connectivity index (χ4n) is 5.42. The number of aliphatic hydroxyl groups excluding tert-OH is 8. The molecule has 0 aromatic heterocycles. The lowest BCUT2D eigenvalue weighted by atomic mass is 9.97. The molecule has 16 nitrogen and oxygen atoms in total. The van der Waals surface area contributed by atoms with Crippen molar-refractivity contribution in [1.82, 2.24) is 0 Å². The monoisotopic (exact) mass is 670 g/mol. The molecule has 2 rings (SSSR count). The highest BCUT2D eigenvalue weighted by Crippen LogP contribution is 2.30. The third kappa shape index (κ3) is 13.5. The van der Waals surface area contributed by atoms with Crippen LogP contribution < -0.4 is 0 Å². The van der Waals surface area contributed by atoms with Gasteiger partial charge in [0.15, 0.2) is 18.7 Å². The molecular weight excluding hydrogens is 616 g/mol. The topological polar surface area (TPSA) is 262 Å². The molecule has 0 bridgehead atoms. The molecule has 0 amide bonds. The second kappa shape index (κ2) is 21.4. The number of rotatable bonds is 22. The molecule has 16 heteroatoms. The molecule has 2 aliphatic rings. The van der Waals surface area contributed by atoms with Crippen molar-refractivity contribution in [2.45, 2.75) is 158 Å². The number of aliphatic carboxylic acids is 1. The van der Waals surface area contributed by atoms with Crippen molar-refractivity contribution in [3.8, 4) is 0 Å². The van der Waals surface area contributed by atoms with Crippen molar-refractivity contribution >= 4 is 11.9 Å². The molecule has 0 aliphatic carbocycles. The molecule has 270 valence electrons. The second-order valence-electron chi connectivity index (χ2n) is 12.1. The van der Waals surface area contributed by atoms with Gasteiger partial charge in [-0.2, -0.15) is 0 Å². The maximum atomic E-state index is 11.5. The van der Waals surface area contributed by atoms with Crippen LogP contribution in [0.25, 0.3) is 0 Å². The Hall–Kier alpha value is -1.54. The fourth-order valence-corrected chi connectivity index (χ4v) is 5.42. The molecule has 2 fully saturated rings. The Kier molecular flexibility index (Phi) is 18.9. The number of carboxylic acid groups (broad SMARTS) is 1. The first-order chi connectivity index (χ1) is 21.9. The zero-order valence-electron chi connectivity index (χ0n) is 26.4. The summed E-state index contributed by atoms with van der Waals surface area (Å²) in [6, 6.07) is 0. The van der Waals surface area contributed by atoms with Gasteiger partial charge in [0.1, 0.15) is 55.4 Å². The molecule has 2 unspecified atom stereocenters. The highest BCUT2D eigenvalue weighted by atomic mass is 16.7. The summed E-state index contributed by atoms with van der Waals surface area (Å²) >= 11 is 0. The van der Waals surface area contributed by atoms with E-state index in [2.05, 4.69) is 0 Å². The average Bonchev–Trinajstić information content (AvgIpc) is 3.02. The summed E-state index contributed by atoms with van der Waals surface area (Å²) in [5.74, 6) is -1.85. The standard InChI is InChI=1S/C30H54O16/c1-17(32)42-16-21-27(46-30-25(38)23(36)22(35)20(14-31)44-30)24(37)26(39)29(45-21)43-15-18(33)12-10-8-6-4-2-3-5-7-9-11-13-19(34)28(40)41/h18-27,29-31,33-39H,2-16H2,1H3,(H,40,41)/t18?,19?,20-,21-,22-,23+,24-,25-,26-,27-,29-,30+/m1/s1. The van der Waals surface area contributed by atoms with Crippen LogP contribution in [0.1, 0.15) is 84.0 Å². The first-order valence-corrected chi connectivity index (χ1v) is 16.2. The zero-order chi connectivity index (χ0) is 34.2. The van der Waals surface area contributed by atoms with E-state index in [0.717, 1.165) is 64.7 Å². The number of ether oxygens (including phenoxy) is 5. The molecule has 2 heterocycles. The Morgan fingerprint density at radius 3 is 1.76 bits per heavy atom. The van der Waals surface area contributed by atoms with Gasteiger partial charge in [-0.25, -0.2) is 4.79 Å². The largest absolute Gasteiger partial charge is 0.479 e. The lowest BCUT2D eigenvalue weighted by Crippen LogP contribution is -2.65. The summed E-state index contributed by atoms with van der Waals surface area (Å²) in [6.45, 7) is -0.217. The van der Waals surface area contributed by atoms with E-state index in [4.69, 9.17) is 28.8 Å². The smallest absolute Gasteiger partial charge is 0.332 e. The summed E-state index contributed by atoms with van der Waals surface area (Å²) in [6.07, 6.45) is -7.52. The Bertz CT molecular complexity index is 861. The van der Waals surface area contributed by atoms with Crippen LogP contribution in [0.3, 0.4) is 0 Å². The lowest BCUT2D eigenvalue weighted by molar-refractivity contribution is -0.360. The quantitative estimate of drug-likeness (QED) is 0.0478. The van der Waals surface area contributed by atoms with Crippen LogP contribution in [-0.2, 0) is 33.3 Å². The minimum Gasteiger partial charge on any atom is -0.479 e. The van der Waals surface area contributed by atoms with Crippen LogP contribution in [0.5, 0.6) is 0 Å². The highest BCUT2D eigenvalue weighted by molar-refractivity contribution is 5.71. The van der Waals surface area contributed by atoms with E-state index in [1.807, 2.05) is 0 Å². The molecule has 12 atom stereocenters. The minimum atomic E-state index is -1.79. The van der Waals surface area contributed by atoms with Gasteiger partial charge in [0.25, 0.3) is 0 Å². The number of hydrogen-bond donors (Lipinski definition) is 9. The Morgan fingerprint density at radius 2 is 1.22 bits per heavy atom.